The van der Waals surface area contributed by atoms with Gasteiger partial charge in [-0.2, -0.15) is 0 Å². The Hall–Kier alpha value is -2.20. The van der Waals surface area contributed by atoms with E-state index in [-0.39, 0.29) is 26.1 Å². The van der Waals surface area contributed by atoms with Crippen molar-refractivity contribution in [2.75, 3.05) is 13.2 Å². The summed E-state index contributed by atoms with van der Waals surface area (Å²) in [5.41, 5.74) is -4.15. The smallest absolute Gasteiger partial charge is 0.331 e. The van der Waals surface area contributed by atoms with Crippen LogP contribution in [0, 0.1) is 0 Å². The zero-order valence-electron chi connectivity index (χ0n) is 25.1. The predicted octanol–water partition coefficient (Wildman–Crippen LogP) is 2.48. The second-order valence-corrected chi connectivity index (χ2v) is 13.7. The molecule has 0 radical (unpaired) electrons. The largest absolute Gasteiger partial charge is 0.464 e. The molecule has 2 saturated heterocycles. The summed E-state index contributed by atoms with van der Waals surface area (Å²) in [5, 5.41) is 12.9. The Morgan fingerprint density at radius 1 is 0.579 bits per heavy atom. The van der Waals surface area contributed by atoms with E-state index in [9.17, 15) is 19.2 Å². The Kier molecular flexibility index (Phi) is 9.37. The van der Waals surface area contributed by atoms with Gasteiger partial charge in [0.2, 0.25) is 11.8 Å². The van der Waals surface area contributed by atoms with Gasteiger partial charge in [0.25, 0.3) is 0 Å². The van der Waals surface area contributed by atoms with Crippen molar-refractivity contribution < 1.29 is 28.7 Å². The number of rotatable bonds is 9. The van der Waals surface area contributed by atoms with Gasteiger partial charge in [0.15, 0.2) is 0 Å². The van der Waals surface area contributed by atoms with E-state index in [1.54, 1.807) is 13.8 Å². The van der Waals surface area contributed by atoms with Crippen LogP contribution in [0.1, 0.15) is 108 Å². The van der Waals surface area contributed by atoms with Crippen molar-refractivity contribution in [1.82, 2.24) is 21.3 Å². The molecule has 0 unspecified atom stereocenters. The van der Waals surface area contributed by atoms with E-state index in [1.165, 1.54) is 0 Å². The molecule has 10 heteroatoms. The van der Waals surface area contributed by atoms with Gasteiger partial charge in [0.05, 0.1) is 13.2 Å². The Morgan fingerprint density at radius 3 is 1.08 bits per heavy atom. The van der Waals surface area contributed by atoms with Crippen LogP contribution >= 0.6 is 0 Å². The van der Waals surface area contributed by atoms with Crippen molar-refractivity contribution in [3.8, 4) is 0 Å². The Bertz CT molecular complexity index is 818. The topological polar surface area (TPSA) is 135 Å². The molecule has 0 atom stereocenters. The minimum absolute atomic E-state index is 0.134. The lowest BCUT2D eigenvalue weighted by Crippen LogP contribution is -2.71. The van der Waals surface area contributed by atoms with E-state index in [1.807, 2.05) is 55.4 Å². The lowest BCUT2D eigenvalue weighted by atomic mass is 9.70. The fourth-order valence-electron chi connectivity index (χ4n) is 7.14. The van der Waals surface area contributed by atoms with Gasteiger partial charge >= 0.3 is 11.9 Å². The van der Waals surface area contributed by atoms with Crippen LogP contribution in [0.5, 0.6) is 0 Å². The predicted molar refractivity (Wildman–Crippen MR) is 145 cm³/mol. The summed E-state index contributed by atoms with van der Waals surface area (Å²) >= 11 is 0. The maximum atomic E-state index is 13.1. The number of carbonyl (C=O) groups is 4. The lowest BCUT2D eigenvalue weighted by molar-refractivity contribution is -0.159. The third-order valence-electron chi connectivity index (χ3n) is 7.00. The molecule has 0 aromatic carbocycles. The van der Waals surface area contributed by atoms with Gasteiger partial charge in [-0.3, -0.25) is 9.59 Å². The van der Waals surface area contributed by atoms with Crippen LogP contribution in [0.25, 0.3) is 0 Å². The molecule has 2 rings (SSSR count). The summed E-state index contributed by atoms with van der Waals surface area (Å²) in [6.45, 7) is 19.7. The third-order valence-corrected chi connectivity index (χ3v) is 7.00. The van der Waals surface area contributed by atoms with Gasteiger partial charge in [-0.15, -0.1) is 0 Å². The molecule has 0 aliphatic carbocycles. The minimum atomic E-state index is -1.21. The molecule has 2 aliphatic heterocycles. The highest BCUT2D eigenvalue weighted by Crippen LogP contribution is 2.38. The quantitative estimate of drug-likeness (QED) is 0.329. The van der Waals surface area contributed by atoms with Crippen molar-refractivity contribution in [2.45, 2.75) is 141 Å². The van der Waals surface area contributed by atoms with E-state index in [0.717, 1.165) is 0 Å². The van der Waals surface area contributed by atoms with Gasteiger partial charge < -0.3 is 30.7 Å². The van der Waals surface area contributed by atoms with Crippen LogP contribution < -0.4 is 21.3 Å². The Balaban J connectivity index is 2.18. The lowest BCUT2D eigenvalue weighted by Gasteiger charge is -2.51. The van der Waals surface area contributed by atoms with E-state index in [0.29, 0.717) is 25.7 Å². The molecular weight excluding hydrogens is 488 g/mol. The normalized spacial score (nSPS) is 23.9. The third kappa shape index (κ3) is 8.15. The molecule has 10 nitrogen and oxygen atoms in total. The molecular formula is C28H50N4O6. The van der Waals surface area contributed by atoms with Gasteiger partial charge in [-0.1, -0.05) is 0 Å². The second kappa shape index (κ2) is 11.1. The maximum absolute atomic E-state index is 13.1. The average molecular weight is 539 g/mol. The number of hydrogen-bond acceptors (Lipinski definition) is 8. The van der Waals surface area contributed by atoms with E-state index >= 15 is 0 Å². The van der Waals surface area contributed by atoms with Gasteiger partial charge in [-0.05, 0) is 94.9 Å². The first kappa shape index (κ1) is 32.0. The summed E-state index contributed by atoms with van der Waals surface area (Å²) in [7, 11) is 0. The number of amides is 2. The summed E-state index contributed by atoms with van der Waals surface area (Å²) in [4.78, 5) is 52.6. The summed E-state index contributed by atoms with van der Waals surface area (Å²) in [6.07, 6.45) is 1.13. The van der Waals surface area contributed by atoms with Crippen molar-refractivity contribution in [3.63, 3.8) is 0 Å². The minimum Gasteiger partial charge on any atom is -0.464 e. The van der Waals surface area contributed by atoms with E-state index < -0.39 is 57.0 Å². The van der Waals surface area contributed by atoms with Crippen molar-refractivity contribution >= 4 is 23.8 Å². The highest BCUT2D eigenvalue weighted by molar-refractivity contribution is 5.92. The van der Waals surface area contributed by atoms with Crippen molar-refractivity contribution in [1.29, 1.82) is 0 Å². The fourth-order valence-corrected chi connectivity index (χ4v) is 7.14. The first-order valence-electron chi connectivity index (χ1n) is 13.8. The van der Waals surface area contributed by atoms with Crippen molar-refractivity contribution in [3.05, 3.63) is 0 Å². The monoisotopic (exact) mass is 538 g/mol. The number of carbonyl (C=O) groups excluding carboxylic acids is 4. The molecule has 0 aromatic heterocycles. The van der Waals surface area contributed by atoms with Gasteiger partial charge in [0, 0.05) is 35.0 Å². The standard InChI is InChI=1S/C28H50N4O6/c1-11-37-21(35)27(15-23(3,4)31-24(5,6)16-27)29-19(33)13-14-20(34)30-28(22(36)38-12-2)17-25(7,8)32-26(9,10)18-28/h31-32H,11-18H2,1-10H3,(H,29,33)(H,30,34). The van der Waals surface area contributed by atoms with Crippen molar-refractivity contribution in [2.24, 2.45) is 0 Å². The molecule has 38 heavy (non-hydrogen) atoms. The molecule has 0 aromatic rings. The Labute approximate surface area is 228 Å². The molecule has 4 N–H and O–H groups in total. The highest BCUT2D eigenvalue weighted by atomic mass is 16.5. The van der Waals surface area contributed by atoms with Crippen LogP contribution in [-0.2, 0) is 28.7 Å². The fraction of sp³-hybridized carbons (Fsp3) is 0.857. The van der Waals surface area contributed by atoms with Crippen LogP contribution in [0.4, 0.5) is 0 Å². The molecule has 0 spiro atoms. The van der Waals surface area contributed by atoms with Crippen LogP contribution in [0.3, 0.4) is 0 Å². The molecule has 2 amide bonds. The number of piperidine rings is 2. The summed E-state index contributed by atoms with van der Waals surface area (Å²) in [5.74, 6) is -1.78. The summed E-state index contributed by atoms with van der Waals surface area (Å²) in [6, 6.07) is 0. The van der Waals surface area contributed by atoms with E-state index in [2.05, 4.69) is 21.3 Å². The van der Waals surface area contributed by atoms with Gasteiger partial charge in [-0.25, -0.2) is 9.59 Å². The zero-order chi connectivity index (χ0) is 29.2. The molecule has 218 valence electrons. The zero-order valence-corrected chi connectivity index (χ0v) is 25.1. The Morgan fingerprint density at radius 2 is 0.842 bits per heavy atom. The highest BCUT2D eigenvalue weighted by Gasteiger charge is 2.54. The van der Waals surface area contributed by atoms with Crippen LogP contribution in [0.15, 0.2) is 0 Å². The molecule has 2 fully saturated rings. The van der Waals surface area contributed by atoms with E-state index in [4.69, 9.17) is 9.47 Å². The second-order valence-electron chi connectivity index (χ2n) is 13.7. The molecule has 2 aliphatic rings. The molecule has 0 saturated carbocycles. The number of hydrogen-bond donors (Lipinski definition) is 4. The molecule has 0 bridgehead atoms. The molecule has 2 heterocycles. The SMILES string of the molecule is CCOC(=O)C1(NC(=O)CCC(=O)NC2(C(=O)OCC)CC(C)(C)NC(C)(C)C2)CC(C)(C)NC(C)(C)C1. The number of esters is 2. The number of ether oxygens (including phenoxy) is 2. The first-order valence-corrected chi connectivity index (χ1v) is 13.8. The van der Waals surface area contributed by atoms with Gasteiger partial charge in [0.1, 0.15) is 11.1 Å². The summed E-state index contributed by atoms with van der Waals surface area (Å²) < 4.78 is 10.8. The average Bonchev–Trinajstić information content (AvgIpc) is 2.67. The van der Waals surface area contributed by atoms with Crippen LogP contribution in [0.2, 0.25) is 0 Å². The first-order chi connectivity index (χ1) is 17.2. The maximum Gasteiger partial charge on any atom is 0.331 e. The number of nitrogens with one attached hydrogen (secondary N) is 4. The van der Waals surface area contributed by atoms with Crippen LogP contribution in [-0.4, -0.2) is 70.2 Å².